The minimum Gasteiger partial charge on any atom is -0.376 e. The highest BCUT2D eigenvalue weighted by atomic mass is 32.1. The number of hydrogen-bond donors (Lipinski definition) is 0. The predicted molar refractivity (Wildman–Crippen MR) is 298 cm³/mol. The van der Waals surface area contributed by atoms with Crippen LogP contribution in [-0.4, -0.2) is 16.4 Å². The van der Waals surface area contributed by atoms with Crippen LogP contribution in [0.1, 0.15) is 78.0 Å². The molecule has 0 bridgehead atoms. The van der Waals surface area contributed by atoms with Gasteiger partial charge >= 0.3 is 6.85 Å². The van der Waals surface area contributed by atoms with Crippen LogP contribution in [0.5, 0.6) is 0 Å². The molecule has 0 atom stereocenters. The van der Waals surface area contributed by atoms with Crippen molar-refractivity contribution in [2.45, 2.75) is 77.6 Å². The summed E-state index contributed by atoms with van der Waals surface area (Å²) in [6.07, 6.45) is 2.34. The Morgan fingerprint density at radius 3 is 2.01 bits per heavy atom. The molecule has 3 aliphatic rings. The number of benzene rings is 8. The Kier molecular flexibility index (Phi) is 7.76. The maximum atomic E-state index is 5.47. The first-order valence-corrected chi connectivity index (χ1v) is 26.6. The van der Waals surface area contributed by atoms with E-state index in [4.69, 9.17) is 4.98 Å². The first-order valence-electron chi connectivity index (χ1n) is 24.2. The van der Waals surface area contributed by atoms with Crippen LogP contribution in [0.3, 0.4) is 0 Å². The monoisotopic (exact) mass is 929 g/mol. The van der Waals surface area contributed by atoms with Gasteiger partial charge in [-0.3, -0.25) is 0 Å². The molecule has 0 saturated heterocycles. The fraction of sp³-hybridized carbons (Fsp3) is 0.197. The number of thiophene rings is 2. The molecular formula is C61H48BN3S3. The molecule has 0 N–H and O–H groups in total. The van der Waals surface area contributed by atoms with Crippen molar-refractivity contribution >= 4 is 136 Å². The summed E-state index contributed by atoms with van der Waals surface area (Å²) in [4.78, 5) is 8.19. The number of fused-ring (bicyclic) bond motifs is 18. The van der Waals surface area contributed by atoms with Gasteiger partial charge in [-0.1, -0.05) is 127 Å². The largest absolute Gasteiger partial charge is 0.376 e. The molecule has 6 heterocycles. The lowest BCUT2D eigenvalue weighted by Crippen LogP contribution is -2.60. The fourth-order valence-corrected chi connectivity index (χ4v) is 16.0. The normalized spacial score (nSPS) is 15.9. The average Bonchev–Trinajstić information content (AvgIpc) is 4.11. The van der Waals surface area contributed by atoms with Gasteiger partial charge in [0.25, 0.3) is 0 Å². The molecule has 3 nitrogen and oxygen atoms in total. The van der Waals surface area contributed by atoms with Crippen molar-refractivity contribution in [3.05, 3.63) is 156 Å². The third-order valence-electron chi connectivity index (χ3n) is 16.2. The molecule has 8 aromatic carbocycles. The van der Waals surface area contributed by atoms with Crippen molar-refractivity contribution in [3.63, 3.8) is 0 Å². The fourth-order valence-electron chi connectivity index (χ4n) is 12.6. The Bertz CT molecular complexity index is 4190. The average molecular weight is 930 g/mol. The second-order valence-electron chi connectivity index (χ2n) is 22.1. The summed E-state index contributed by atoms with van der Waals surface area (Å²) < 4.78 is 9.32. The van der Waals surface area contributed by atoms with E-state index in [-0.39, 0.29) is 23.1 Å². The lowest BCUT2D eigenvalue weighted by atomic mass is 9.44. The molecule has 2 aliphatic heterocycles. The van der Waals surface area contributed by atoms with Crippen molar-refractivity contribution in [1.29, 1.82) is 0 Å². The second-order valence-corrected chi connectivity index (χ2v) is 25.3. The highest BCUT2D eigenvalue weighted by molar-refractivity contribution is 7.27. The summed E-state index contributed by atoms with van der Waals surface area (Å²) in [5.41, 5.74) is 18.5. The molecule has 1 aliphatic carbocycles. The van der Waals surface area contributed by atoms with Gasteiger partial charge in [-0.05, 0) is 117 Å². The van der Waals surface area contributed by atoms with E-state index in [0.717, 1.165) is 16.1 Å². The number of aromatic nitrogens is 2. The summed E-state index contributed by atoms with van der Waals surface area (Å²) >= 11 is 5.72. The van der Waals surface area contributed by atoms with Gasteiger partial charge in [0.1, 0.15) is 5.01 Å². The Balaban J connectivity index is 1.18. The van der Waals surface area contributed by atoms with Crippen LogP contribution < -0.4 is 15.7 Å². The van der Waals surface area contributed by atoms with E-state index < -0.39 is 0 Å². The van der Waals surface area contributed by atoms with Gasteiger partial charge < -0.3 is 9.38 Å². The van der Waals surface area contributed by atoms with E-state index in [2.05, 4.69) is 197 Å². The van der Waals surface area contributed by atoms with Crippen molar-refractivity contribution in [1.82, 2.24) is 9.55 Å². The minimum absolute atomic E-state index is 0.0283. The van der Waals surface area contributed by atoms with Gasteiger partial charge in [0.05, 0.1) is 21.3 Å². The third kappa shape index (κ3) is 5.22. The number of thiazole rings is 1. The zero-order valence-corrected chi connectivity index (χ0v) is 41.8. The maximum absolute atomic E-state index is 5.47. The van der Waals surface area contributed by atoms with Gasteiger partial charge in [0.15, 0.2) is 0 Å². The van der Waals surface area contributed by atoms with Crippen LogP contribution >= 0.6 is 34.0 Å². The van der Waals surface area contributed by atoms with Crippen LogP contribution in [0.4, 0.5) is 11.4 Å². The summed E-state index contributed by atoms with van der Waals surface area (Å²) in [5.74, 6) is 0. The third-order valence-corrected chi connectivity index (χ3v) is 19.6. The highest BCUT2D eigenvalue weighted by Crippen LogP contribution is 2.56. The first-order chi connectivity index (χ1) is 32.8. The molecule has 0 unspecified atom stereocenters. The van der Waals surface area contributed by atoms with Gasteiger partial charge in [0, 0.05) is 84.9 Å². The van der Waals surface area contributed by atoms with Crippen LogP contribution in [0.15, 0.2) is 140 Å². The van der Waals surface area contributed by atoms with E-state index in [9.17, 15) is 0 Å². The van der Waals surface area contributed by atoms with E-state index in [1.807, 2.05) is 34.0 Å². The Labute approximate surface area is 408 Å². The maximum Gasteiger partial charge on any atom is 0.333 e. The quantitative estimate of drug-likeness (QED) is 0.161. The Morgan fingerprint density at radius 2 is 1.26 bits per heavy atom. The Hall–Kier alpha value is -6.25. The highest BCUT2D eigenvalue weighted by Gasteiger charge is 2.47. The van der Waals surface area contributed by atoms with Gasteiger partial charge in [-0.2, -0.15) is 0 Å². The molecule has 0 radical (unpaired) electrons. The first kappa shape index (κ1) is 39.7. The summed E-state index contributed by atoms with van der Waals surface area (Å²) in [6, 6.07) is 53.9. The lowest BCUT2D eigenvalue weighted by Gasteiger charge is -2.42. The van der Waals surface area contributed by atoms with Crippen LogP contribution in [0, 0.1) is 0 Å². The standard InChI is InChI=1S/C61H48BN3S3/c1-59(2,3)34-21-23-35(24-22-34)65-46-31-50-38(36-17-11-13-19-48(36)66-50)27-39(46)54-55-56-52(53-37-18-12-14-20-49(37)67-57(53)54)40-28-41-42(61(6,7)26-25-60(41,4)5)29-45(40)64(56)47-32-51-44(30-43(47)62(55)65)63-58(68-51)33-15-9-8-10-16-33/h8-24,27-32H,25-26H2,1-7H3. The van der Waals surface area contributed by atoms with Crippen molar-refractivity contribution in [2.75, 3.05) is 4.81 Å². The molecule has 4 aromatic heterocycles. The molecule has 0 amide bonds. The van der Waals surface area contributed by atoms with Crippen molar-refractivity contribution < 1.29 is 0 Å². The molecule has 15 rings (SSSR count). The number of hydrogen-bond acceptors (Lipinski definition) is 5. The van der Waals surface area contributed by atoms with E-state index in [1.54, 1.807) is 0 Å². The molecule has 7 heteroatoms. The van der Waals surface area contributed by atoms with Gasteiger partial charge in [-0.15, -0.1) is 34.0 Å². The molecule has 0 saturated carbocycles. The van der Waals surface area contributed by atoms with Crippen LogP contribution in [-0.2, 0) is 16.2 Å². The molecule has 0 spiro atoms. The molecule has 68 heavy (non-hydrogen) atoms. The van der Waals surface area contributed by atoms with Crippen LogP contribution in [0.25, 0.3) is 99.8 Å². The van der Waals surface area contributed by atoms with E-state index in [1.165, 1.54) is 135 Å². The zero-order chi connectivity index (χ0) is 45.7. The van der Waals surface area contributed by atoms with Gasteiger partial charge in [-0.25, -0.2) is 4.98 Å². The van der Waals surface area contributed by atoms with Crippen molar-refractivity contribution in [3.8, 4) is 27.4 Å². The zero-order valence-electron chi connectivity index (χ0n) is 39.3. The minimum atomic E-state index is -0.123. The SMILES string of the molecule is CC(C)(C)c1ccc(N2B3c4cc5nc(-c6ccccc6)sc5cc4-n4c5cc6c(cc5c5c7c(sc8ccccc87)c(c3c54)-c3cc4c(cc32)sc2ccccc24)C(C)(C)CCC6(C)C)cc1. The summed E-state index contributed by atoms with van der Waals surface area (Å²) in [5, 5.41) is 9.23. The van der Waals surface area contributed by atoms with Crippen molar-refractivity contribution in [2.24, 2.45) is 0 Å². The number of nitrogens with zero attached hydrogens (tertiary/aromatic N) is 3. The molecule has 0 fully saturated rings. The molecular weight excluding hydrogens is 882 g/mol. The van der Waals surface area contributed by atoms with E-state index in [0.29, 0.717) is 0 Å². The second kappa shape index (κ2) is 13.3. The molecule has 328 valence electrons. The smallest absolute Gasteiger partial charge is 0.333 e. The predicted octanol–water partition coefficient (Wildman–Crippen LogP) is 16.7. The van der Waals surface area contributed by atoms with Gasteiger partial charge in [0.2, 0.25) is 0 Å². The Morgan fingerprint density at radius 1 is 0.588 bits per heavy atom. The summed E-state index contributed by atoms with van der Waals surface area (Å²) in [7, 11) is 0. The molecule has 12 aromatic rings. The number of anilines is 2. The topological polar surface area (TPSA) is 21.1 Å². The lowest BCUT2D eigenvalue weighted by molar-refractivity contribution is 0.332. The van der Waals surface area contributed by atoms with E-state index >= 15 is 0 Å². The number of rotatable bonds is 2. The van der Waals surface area contributed by atoms with Crippen LogP contribution in [0.2, 0.25) is 0 Å². The summed E-state index contributed by atoms with van der Waals surface area (Å²) in [6.45, 7) is 16.7.